The van der Waals surface area contributed by atoms with Gasteiger partial charge in [0.15, 0.2) is 0 Å². The summed E-state index contributed by atoms with van der Waals surface area (Å²) in [5.41, 5.74) is 3.79. The lowest BCUT2D eigenvalue weighted by Gasteiger charge is -2.16. The molecule has 2 rings (SSSR count). The monoisotopic (exact) mass is 263 g/mol. The summed E-state index contributed by atoms with van der Waals surface area (Å²) < 4.78 is 0. The van der Waals surface area contributed by atoms with Gasteiger partial charge < -0.3 is 15.5 Å². The highest BCUT2D eigenvalue weighted by Crippen LogP contribution is 2.22. The van der Waals surface area contributed by atoms with E-state index in [4.69, 9.17) is 10.2 Å². The van der Waals surface area contributed by atoms with E-state index < -0.39 is 6.10 Å². The highest BCUT2D eigenvalue weighted by molar-refractivity contribution is 5.78. The van der Waals surface area contributed by atoms with E-state index in [-0.39, 0.29) is 19.1 Å². The number of benzene rings is 1. The first kappa shape index (κ1) is 14.0. The van der Waals surface area contributed by atoms with Crippen LogP contribution in [0.4, 0.5) is 0 Å². The molecule has 0 aliphatic heterocycles. The molecule has 0 saturated heterocycles. The largest absolute Gasteiger partial charge is 0.394 e. The molecule has 0 radical (unpaired) electrons. The maximum Gasteiger partial charge on any atom is 0.224 e. The van der Waals surface area contributed by atoms with Gasteiger partial charge in [-0.3, -0.25) is 4.79 Å². The van der Waals surface area contributed by atoms with Crippen LogP contribution in [0.25, 0.3) is 0 Å². The Balaban J connectivity index is 1.90. The lowest BCUT2D eigenvalue weighted by atomic mass is 9.90. The van der Waals surface area contributed by atoms with E-state index in [1.165, 1.54) is 24.0 Å². The topological polar surface area (TPSA) is 69.6 Å². The highest BCUT2D eigenvalue weighted by atomic mass is 16.3. The van der Waals surface area contributed by atoms with Crippen LogP contribution in [0.1, 0.15) is 29.5 Å². The Morgan fingerprint density at radius 1 is 1.26 bits per heavy atom. The zero-order valence-corrected chi connectivity index (χ0v) is 11.1. The van der Waals surface area contributed by atoms with Crippen molar-refractivity contribution >= 4 is 5.91 Å². The van der Waals surface area contributed by atoms with Gasteiger partial charge in [-0.05, 0) is 42.4 Å². The summed E-state index contributed by atoms with van der Waals surface area (Å²) in [6.07, 6.45) is 4.17. The summed E-state index contributed by atoms with van der Waals surface area (Å²) in [6, 6.07) is 6.25. The lowest BCUT2D eigenvalue weighted by molar-refractivity contribution is -0.121. The molecule has 4 heteroatoms. The van der Waals surface area contributed by atoms with E-state index in [9.17, 15) is 4.79 Å². The molecule has 1 aliphatic carbocycles. The SMILES string of the molecule is O=C(Cc1ccc2c(c1)CCCC2)NCC(O)CO. The summed E-state index contributed by atoms with van der Waals surface area (Å²) in [5, 5.41) is 20.4. The number of amides is 1. The van der Waals surface area contributed by atoms with Gasteiger partial charge in [0.05, 0.1) is 19.1 Å². The van der Waals surface area contributed by atoms with Crippen molar-refractivity contribution in [3.63, 3.8) is 0 Å². The van der Waals surface area contributed by atoms with Crippen LogP contribution in [0.15, 0.2) is 18.2 Å². The fraction of sp³-hybridized carbons (Fsp3) is 0.533. The van der Waals surface area contributed by atoms with Crippen molar-refractivity contribution in [1.29, 1.82) is 0 Å². The zero-order chi connectivity index (χ0) is 13.7. The number of aliphatic hydroxyl groups is 2. The van der Waals surface area contributed by atoms with Crippen LogP contribution in [0.3, 0.4) is 0 Å². The molecule has 1 atom stereocenters. The van der Waals surface area contributed by atoms with Gasteiger partial charge in [0.2, 0.25) is 5.91 Å². The van der Waals surface area contributed by atoms with E-state index in [0.717, 1.165) is 18.4 Å². The number of aryl methyl sites for hydroxylation is 2. The molecule has 1 aliphatic rings. The molecule has 1 unspecified atom stereocenters. The van der Waals surface area contributed by atoms with Crippen molar-refractivity contribution in [2.24, 2.45) is 0 Å². The molecule has 1 aromatic carbocycles. The maximum absolute atomic E-state index is 11.7. The van der Waals surface area contributed by atoms with Crippen LogP contribution in [0, 0.1) is 0 Å². The molecule has 0 bridgehead atoms. The first-order valence-electron chi connectivity index (χ1n) is 6.85. The van der Waals surface area contributed by atoms with Gasteiger partial charge in [-0.25, -0.2) is 0 Å². The molecule has 104 valence electrons. The molecule has 19 heavy (non-hydrogen) atoms. The van der Waals surface area contributed by atoms with E-state index in [0.29, 0.717) is 6.42 Å². The average molecular weight is 263 g/mol. The Labute approximate surface area is 113 Å². The number of hydrogen-bond acceptors (Lipinski definition) is 3. The molecular weight excluding hydrogens is 242 g/mol. The predicted molar refractivity (Wildman–Crippen MR) is 72.9 cm³/mol. The number of rotatable bonds is 5. The number of fused-ring (bicyclic) bond motifs is 1. The second kappa shape index (κ2) is 6.68. The molecule has 0 fully saturated rings. The Bertz CT molecular complexity index is 445. The van der Waals surface area contributed by atoms with Gasteiger partial charge in [-0.15, -0.1) is 0 Å². The summed E-state index contributed by atoms with van der Waals surface area (Å²) in [6.45, 7) is -0.237. The Kier molecular flexibility index (Phi) is 4.93. The van der Waals surface area contributed by atoms with Crippen molar-refractivity contribution < 1.29 is 15.0 Å². The predicted octanol–water partition coefficient (Wildman–Crippen LogP) is 0.577. The third-order valence-corrected chi connectivity index (χ3v) is 3.52. The fourth-order valence-corrected chi connectivity index (χ4v) is 2.44. The number of carbonyl (C=O) groups excluding carboxylic acids is 1. The van der Waals surface area contributed by atoms with Crippen LogP contribution >= 0.6 is 0 Å². The van der Waals surface area contributed by atoms with Crippen molar-refractivity contribution in [3.8, 4) is 0 Å². The third-order valence-electron chi connectivity index (χ3n) is 3.52. The molecule has 0 spiro atoms. The van der Waals surface area contributed by atoms with Crippen LogP contribution in [0.5, 0.6) is 0 Å². The minimum absolute atomic E-state index is 0.0975. The molecule has 1 aromatic rings. The van der Waals surface area contributed by atoms with Gasteiger partial charge in [-0.2, -0.15) is 0 Å². The zero-order valence-electron chi connectivity index (χ0n) is 11.1. The van der Waals surface area contributed by atoms with Crippen molar-refractivity contribution in [3.05, 3.63) is 34.9 Å². The molecule has 0 saturated carbocycles. The summed E-state index contributed by atoms with van der Waals surface area (Å²) in [4.78, 5) is 11.7. The number of aliphatic hydroxyl groups excluding tert-OH is 2. The third kappa shape index (κ3) is 4.04. The molecule has 0 heterocycles. The minimum atomic E-state index is -0.882. The van der Waals surface area contributed by atoms with E-state index in [1.54, 1.807) is 0 Å². The molecule has 1 amide bonds. The quantitative estimate of drug-likeness (QED) is 0.727. The van der Waals surface area contributed by atoms with E-state index in [1.807, 2.05) is 6.07 Å². The summed E-state index contributed by atoms with van der Waals surface area (Å²) in [7, 11) is 0. The minimum Gasteiger partial charge on any atom is -0.394 e. The highest BCUT2D eigenvalue weighted by Gasteiger charge is 2.11. The lowest BCUT2D eigenvalue weighted by Crippen LogP contribution is -2.34. The standard InChI is InChI=1S/C15H21NO3/c17-10-14(18)9-16-15(19)8-11-5-6-12-3-1-2-4-13(12)7-11/h5-7,14,17-18H,1-4,8-10H2,(H,16,19). The molecule has 3 N–H and O–H groups in total. The van der Waals surface area contributed by atoms with Crippen LogP contribution in [-0.2, 0) is 24.1 Å². The van der Waals surface area contributed by atoms with E-state index >= 15 is 0 Å². The second-order valence-electron chi connectivity index (χ2n) is 5.13. The van der Waals surface area contributed by atoms with Crippen LogP contribution < -0.4 is 5.32 Å². The average Bonchev–Trinajstić information content (AvgIpc) is 2.44. The Hall–Kier alpha value is -1.39. The first-order valence-corrected chi connectivity index (χ1v) is 6.85. The Morgan fingerprint density at radius 3 is 2.74 bits per heavy atom. The number of hydrogen-bond donors (Lipinski definition) is 3. The van der Waals surface area contributed by atoms with Gasteiger partial charge in [-0.1, -0.05) is 18.2 Å². The molecule has 4 nitrogen and oxygen atoms in total. The van der Waals surface area contributed by atoms with Crippen LogP contribution in [0.2, 0.25) is 0 Å². The Morgan fingerprint density at radius 2 is 2.00 bits per heavy atom. The van der Waals surface area contributed by atoms with Gasteiger partial charge in [0.1, 0.15) is 0 Å². The van der Waals surface area contributed by atoms with Crippen molar-refractivity contribution in [1.82, 2.24) is 5.32 Å². The van der Waals surface area contributed by atoms with Gasteiger partial charge >= 0.3 is 0 Å². The summed E-state index contributed by atoms with van der Waals surface area (Å²) in [5.74, 6) is -0.122. The summed E-state index contributed by atoms with van der Waals surface area (Å²) >= 11 is 0. The first-order chi connectivity index (χ1) is 9.19. The van der Waals surface area contributed by atoms with E-state index in [2.05, 4.69) is 17.4 Å². The van der Waals surface area contributed by atoms with Crippen LogP contribution in [-0.4, -0.2) is 35.4 Å². The van der Waals surface area contributed by atoms with Crippen molar-refractivity contribution in [2.75, 3.05) is 13.2 Å². The smallest absolute Gasteiger partial charge is 0.224 e. The van der Waals surface area contributed by atoms with Gasteiger partial charge in [0, 0.05) is 6.54 Å². The normalized spacial score (nSPS) is 15.7. The number of nitrogens with one attached hydrogen (secondary N) is 1. The second-order valence-corrected chi connectivity index (χ2v) is 5.13. The molecular formula is C15H21NO3. The van der Waals surface area contributed by atoms with Gasteiger partial charge in [0.25, 0.3) is 0 Å². The number of carbonyl (C=O) groups is 1. The maximum atomic E-state index is 11.7. The molecule has 0 aromatic heterocycles. The fourth-order valence-electron chi connectivity index (χ4n) is 2.44. The van der Waals surface area contributed by atoms with Crippen molar-refractivity contribution in [2.45, 2.75) is 38.2 Å².